The van der Waals surface area contributed by atoms with Gasteiger partial charge in [-0.1, -0.05) is 46.9 Å². The number of hydrogen-bond acceptors (Lipinski definition) is 3. The minimum absolute atomic E-state index is 0.272. The van der Waals surface area contributed by atoms with Gasteiger partial charge in [0.05, 0.1) is 11.6 Å². The van der Waals surface area contributed by atoms with Crippen LogP contribution in [0.2, 0.25) is 15.1 Å². The Morgan fingerprint density at radius 3 is 2.54 bits per heavy atom. The van der Waals surface area contributed by atoms with Crippen molar-refractivity contribution in [1.82, 2.24) is 0 Å². The lowest BCUT2D eigenvalue weighted by atomic mass is 10.2. The van der Waals surface area contributed by atoms with Gasteiger partial charge in [-0.05, 0) is 42.8 Å². The second-order valence-corrected chi connectivity index (χ2v) is 6.05. The summed E-state index contributed by atoms with van der Waals surface area (Å²) in [7, 11) is 0. The number of esters is 1. The minimum atomic E-state index is -0.397. The Morgan fingerprint density at radius 2 is 1.88 bits per heavy atom. The maximum Gasteiger partial charge on any atom is 0.330 e. The van der Waals surface area contributed by atoms with Gasteiger partial charge < -0.3 is 9.47 Å². The van der Waals surface area contributed by atoms with Crippen LogP contribution in [-0.4, -0.2) is 12.6 Å². The summed E-state index contributed by atoms with van der Waals surface area (Å²) in [5.41, 5.74) is 1.58. The van der Waals surface area contributed by atoms with Crippen LogP contribution < -0.4 is 4.74 Å². The molecular weight excluding hydrogens is 371 g/mol. The standard InChI is InChI=1S/C18H15Cl3O3/c1-2-23-18(22)8-4-12-3-7-17(16(21)9-12)24-11-13-5-6-14(19)10-15(13)20/h3-10H,2,11H2,1H3/b8-4+. The minimum Gasteiger partial charge on any atom is -0.487 e. The van der Waals surface area contributed by atoms with Crippen molar-refractivity contribution >= 4 is 46.8 Å². The molecule has 0 spiro atoms. The SMILES string of the molecule is CCOC(=O)/C=C/c1ccc(OCc2ccc(Cl)cc2Cl)c(Cl)c1. The average Bonchev–Trinajstić information content (AvgIpc) is 2.54. The van der Waals surface area contributed by atoms with E-state index in [1.807, 2.05) is 0 Å². The van der Waals surface area contributed by atoms with Gasteiger partial charge in [0, 0.05) is 21.7 Å². The molecule has 6 heteroatoms. The first-order chi connectivity index (χ1) is 11.5. The Morgan fingerprint density at radius 1 is 1.08 bits per heavy atom. The average molecular weight is 386 g/mol. The van der Waals surface area contributed by atoms with E-state index in [1.165, 1.54) is 6.08 Å². The van der Waals surface area contributed by atoms with Crippen LogP contribution in [0.4, 0.5) is 0 Å². The van der Waals surface area contributed by atoms with Crippen molar-refractivity contribution in [3.8, 4) is 5.75 Å². The van der Waals surface area contributed by atoms with Crippen molar-refractivity contribution in [3.63, 3.8) is 0 Å². The Labute approximate surface area is 155 Å². The van der Waals surface area contributed by atoms with Gasteiger partial charge in [-0.2, -0.15) is 0 Å². The molecule has 0 bridgehead atoms. The molecule has 0 aliphatic carbocycles. The molecular formula is C18H15Cl3O3. The predicted octanol–water partition coefficient (Wildman–Crippen LogP) is 5.80. The summed E-state index contributed by atoms with van der Waals surface area (Å²) < 4.78 is 10.5. The van der Waals surface area contributed by atoms with Crippen LogP contribution in [0.5, 0.6) is 5.75 Å². The quantitative estimate of drug-likeness (QED) is 0.465. The summed E-state index contributed by atoms with van der Waals surface area (Å²) in [5.74, 6) is 0.127. The molecule has 2 aromatic carbocycles. The van der Waals surface area contributed by atoms with Crippen molar-refractivity contribution in [2.24, 2.45) is 0 Å². The van der Waals surface area contributed by atoms with E-state index in [2.05, 4.69) is 0 Å². The largest absolute Gasteiger partial charge is 0.487 e. The van der Waals surface area contributed by atoms with Crippen molar-refractivity contribution < 1.29 is 14.3 Å². The Balaban J connectivity index is 2.03. The second kappa shape index (κ2) is 8.97. The molecule has 3 nitrogen and oxygen atoms in total. The van der Waals surface area contributed by atoms with Gasteiger partial charge in [0.15, 0.2) is 0 Å². The number of halogens is 3. The number of benzene rings is 2. The summed E-state index contributed by atoms with van der Waals surface area (Å²) in [6.45, 7) is 2.36. The highest BCUT2D eigenvalue weighted by atomic mass is 35.5. The highest BCUT2D eigenvalue weighted by molar-refractivity contribution is 6.35. The van der Waals surface area contributed by atoms with Crippen LogP contribution >= 0.6 is 34.8 Å². The number of rotatable bonds is 6. The third-order valence-electron chi connectivity index (χ3n) is 3.05. The van der Waals surface area contributed by atoms with Gasteiger partial charge in [-0.15, -0.1) is 0 Å². The maximum atomic E-state index is 11.3. The van der Waals surface area contributed by atoms with Crippen molar-refractivity contribution in [1.29, 1.82) is 0 Å². The normalized spacial score (nSPS) is 10.8. The zero-order chi connectivity index (χ0) is 17.5. The van der Waals surface area contributed by atoms with Gasteiger partial charge in [0.25, 0.3) is 0 Å². The summed E-state index contributed by atoms with van der Waals surface area (Å²) in [6, 6.07) is 10.4. The first kappa shape index (κ1) is 18.7. The molecule has 0 aliphatic heterocycles. The molecule has 0 aromatic heterocycles. The van der Waals surface area contributed by atoms with Gasteiger partial charge in [-0.25, -0.2) is 4.79 Å². The fourth-order valence-corrected chi connectivity index (χ4v) is 2.59. The van der Waals surface area contributed by atoms with Crippen molar-refractivity contribution in [2.75, 3.05) is 6.61 Å². The van der Waals surface area contributed by atoms with Crippen LogP contribution in [0.25, 0.3) is 6.08 Å². The molecule has 0 saturated heterocycles. The molecule has 2 rings (SSSR count). The zero-order valence-electron chi connectivity index (χ0n) is 12.9. The van der Waals surface area contributed by atoms with Crippen molar-refractivity contribution in [2.45, 2.75) is 13.5 Å². The lowest BCUT2D eigenvalue weighted by molar-refractivity contribution is -0.137. The van der Waals surface area contributed by atoms with Crippen molar-refractivity contribution in [3.05, 3.63) is 68.7 Å². The van der Waals surface area contributed by atoms with Crippen LogP contribution in [0.3, 0.4) is 0 Å². The number of carbonyl (C=O) groups excluding carboxylic acids is 1. The third-order valence-corrected chi connectivity index (χ3v) is 3.94. The van der Waals surface area contributed by atoms with Gasteiger partial charge in [-0.3, -0.25) is 0 Å². The van der Waals surface area contributed by atoms with Gasteiger partial charge in [0.1, 0.15) is 12.4 Å². The molecule has 0 unspecified atom stereocenters. The Kier molecular flexibility index (Phi) is 6.98. The number of carbonyl (C=O) groups is 1. The molecule has 2 aromatic rings. The summed E-state index contributed by atoms with van der Waals surface area (Å²) in [5, 5.41) is 1.54. The summed E-state index contributed by atoms with van der Waals surface area (Å²) in [4.78, 5) is 11.3. The molecule has 0 atom stereocenters. The van der Waals surface area contributed by atoms with Crippen LogP contribution in [0.1, 0.15) is 18.1 Å². The van der Waals surface area contributed by atoms with Crippen LogP contribution in [-0.2, 0) is 16.1 Å². The highest BCUT2D eigenvalue weighted by Gasteiger charge is 2.06. The Hall–Kier alpha value is -1.68. The van der Waals surface area contributed by atoms with E-state index in [9.17, 15) is 4.79 Å². The smallest absolute Gasteiger partial charge is 0.330 e. The predicted molar refractivity (Wildman–Crippen MR) is 97.9 cm³/mol. The van der Waals surface area contributed by atoms with E-state index in [0.29, 0.717) is 27.4 Å². The van der Waals surface area contributed by atoms with Crippen LogP contribution in [0, 0.1) is 0 Å². The summed E-state index contributed by atoms with van der Waals surface area (Å²) >= 11 is 18.2. The van der Waals surface area contributed by atoms with Gasteiger partial charge >= 0.3 is 5.97 Å². The molecule has 0 fully saturated rings. The summed E-state index contributed by atoms with van der Waals surface area (Å²) in [6.07, 6.45) is 2.98. The zero-order valence-corrected chi connectivity index (χ0v) is 15.2. The molecule has 0 amide bonds. The molecule has 0 radical (unpaired) electrons. The number of ether oxygens (including phenoxy) is 2. The first-order valence-electron chi connectivity index (χ1n) is 7.20. The highest BCUT2D eigenvalue weighted by Crippen LogP contribution is 2.28. The van der Waals surface area contributed by atoms with Crippen LogP contribution in [0.15, 0.2) is 42.5 Å². The van der Waals surface area contributed by atoms with E-state index in [4.69, 9.17) is 44.3 Å². The van der Waals surface area contributed by atoms with Gasteiger partial charge in [0.2, 0.25) is 0 Å². The first-order valence-corrected chi connectivity index (χ1v) is 8.34. The lowest BCUT2D eigenvalue weighted by Crippen LogP contribution is -1.98. The molecule has 24 heavy (non-hydrogen) atoms. The molecule has 0 saturated carbocycles. The number of hydrogen-bond donors (Lipinski definition) is 0. The van der Waals surface area contributed by atoms with E-state index < -0.39 is 5.97 Å². The lowest BCUT2D eigenvalue weighted by Gasteiger charge is -2.10. The second-order valence-electron chi connectivity index (χ2n) is 4.80. The van der Waals surface area contributed by atoms with E-state index >= 15 is 0 Å². The molecule has 0 N–H and O–H groups in total. The molecule has 0 aliphatic rings. The molecule has 0 heterocycles. The maximum absolute atomic E-state index is 11.3. The monoisotopic (exact) mass is 384 g/mol. The third kappa shape index (κ3) is 5.45. The Bertz CT molecular complexity index is 757. The molecule has 126 valence electrons. The fraction of sp³-hybridized carbons (Fsp3) is 0.167. The topological polar surface area (TPSA) is 35.5 Å². The fourth-order valence-electron chi connectivity index (χ4n) is 1.89. The van der Waals surface area contributed by atoms with E-state index in [0.717, 1.165) is 11.1 Å². The van der Waals surface area contributed by atoms with E-state index in [-0.39, 0.29) is 6.61 Å². The van der Waals surface area contributed by atoms with E-state index in [1.54, 1.807) is 49.4 Å².